The Morgan fingerprint density at radius 2 is 2.04 bits per heavy atom. The lowest BCUT2D eigenvalue weighted by Gasteiger charge is -2.38. The molecule has 0 unspecified atom stereocenters. The average Bonchev–Trinajstić information content (AvgIpc) is 2.96. The molecule has 1 aliphatic rings. The molecule has 6 heteroatoms. The molecular formula is C18H27IN4O. The zero-order valence-corrected chi connectivity index (χ0v) is 16.7. The van der Waals surface area contributed by atoms with Gasteiger partial charge in [0.25, 0.3) is 0 Å². The first-order valence-corrected chi connectivity index (χ1v) is 8.26. The molecule has 2 aromatic rings. The van der Waals surface area contributed by atoms with Crippen LogP contribution in [0.25, 0.3) is 10.9 Å². The van der Waals surface area contributed by atoms with Crippen molar-refractivity contribution < 1.29 is 4.74 Å². The van der Waals surface area contributed by atoms with Crippen molar-refractivity contribution >= 4 is 40.8 Å². The first-order valence-electron chi connectivity index (χ1n) is 8.26. The minimum absolute atomic E-state index is 0. The van der Waals surface area contributed by atoms with Crippen LogP contribution < -0.4 is 10.6 Å². The lowest BCUT2D eigenvalue weighted by atomic mass is 9.89. The SMILES string of the molecule is CN=C(NCCCn1ccc2ccccc21)NCC1(C)COC1.I. The number of fused-ring (bicyclic) bond motifs is 1. The Kier molecular flexibility index (Phi) is 6.91. The highest BCUT2D eigenvalue weighted by Gasteiger charge is 2.33. The first kappa shape index (κ1) is 19.1. The number of ether oxygens (including phenoxy) is 1. The number of hydrogen-bond donors (Lipinski definition) is 2. The van der Waals surface area contributed by atoms with Crippen LogP contribution in [0.4, 0.5) is 0 Å². The van der Waals surface area contributed by atoms with Gasteiger partial charge in [-0.1, -0.05) is 25.1 Å². The van der Waals surface area contributed by atoms with Crippen LogP contribution in [0, 0.1) is 5.41 Å². The van der Waals surface area contributed by atoms with Gasteiger partial charge < -0.3 is 19.9 Å². The number of aryl methyl sites for hydroxylation is 1. The number of nitrogens with one attached hydrogen (secondary N) is 2. The fraction of sp³-hybridized carbons (Fsp3) is 0.500. The molecule has 0 radical (unpaired) electrons. The highest BCUT2D eigenvalue weighted by molar-refractivity contribution is 14.0. The Balaban J connectivity index is 0.00000208. The largest absolute Gasteiger partial charge is 0.380 e. The van der Waals surface area contributed by atoms with E-state index in [1.54, 1.807) is 0 Å². The molecular weight excluding hydrogens is 415 g/mol. The molecule has 0 aliphatic carbocycles. The van der Waals surface area contributed by atoms with Crippen LogP contribution in [0.1, 0.15) is 13.3 Å². The van der Waals surface area contributed by atoms with E-state index in [0.29, 0.717) is 0 Å². The molecule has 3 rings (SSSR count). The van der Waals surface area contributed by atoms with Crippen molar-refractivity contribution in [1.82, 2.24) is 15.2 Å². The Labute approximate surface area is 160 Å². The second-order valence-electron chi connectivity index (χ2n) is 6.58. The molecule has 1 aliphatic heterocycles. The maximum Gasteiger partial charge on any atom is 0.191 e. The molecule has 24 heavy (non-hydrogen) atoms. The van der Waals surface area contributed by atoms with Crippen LogP contribution >= 0.6 is 24.0 Å². The summed E-state index contributed by atoms with van der Waals surface area (Å²) in [6.45, 7) is 6.70. The maximum absolute atomic E-state index is 5.28. The summed E-state index contributed by atoms with van der Waals surface area (Å²) >= 11 is 0. The Morgan fingerprint density at radius 3 is 2.75 bits per heavy atom. The molecule has 132 valence electrons. The molecule has 1 aromatic heterocycles. The van der Waals surface area contributed by atoms with E-state index in [9.17, 15) is 0 Å². The van der Waals surface area contributed by atoms with Gasteiger partial charge >= 0.3 is 0 Å². The molecule has 0 bridgehead atoms. The molecule has 1 saturated heterocycles. The second kappa shape index (κ2) is 8.71. The van der Waals surface area contributed by atoms with E-state index in [4.69, 9.17) is 4.74 Å². The standard InChI is InChI=1S/C18H26N4O.HI/c1-18(13-23-14-18)12-21-17(19-2)20-9-5-10-22-11-8-15-6-3-4-7-16(15)22;/h3-4,6-8,11H,5,9-10,12-14H2,1-2H3,(H2,19,20,21);1H. The maximum atomic E-state index is 5.28. The third kappa shape index (κ3) is 4.63. The average molecular weight is 442 g/mol. The lowest BCUT2D eigenvalue weighted by molar-refractivity contribution is -0.0971. The number of halogens is 1. The fourth-order valence-electron chi connectivity index (χ4n) is 2.86. The molecule has 2 heterocycles. The smallest absolute Gasteiger partial charge is 0.191 e. The third-order valence-electron chi connectivity index (χ3n) is 4.36. The number of guanidine groups is 1. The molecule has 1 aromatic carbocycles. The van der Waals surface area contributed by atoms with Crippen LogP contribution in [0.2, 0.25) is 0 Å². The number of hydrogen-bond acceptors (Lipinski definition) is 2. The topological polar surface area (TPSA) is 50.6 Å². The number of nitrogens with zero attached hydrogens (tertiary/aromatic N) is 2. The van der Waals surface area contributed by atoms with Crippen molar-refractivity contribution in [2.24, 2.45) is 10.4 Å². The van der Waals surface area contributed by atoms with Gasteiger partial charge in [-0.2, -0.15) is 0 Å². The zero-order valence-electron chi connectivity index (χ0n) is 14.4. The van der Waals surface area contributed by atoms with Gasteiger partial charge in [0.05, 0.1) is 13.2 Å². The summed E-state index contributed by atoms with van der Waals surface area (Å²) in [6, 6.07) is 10.7. The van der Waals surface area contributed by atoms with Crippen LogP contribution in [0.15, 0.2) is 41.5 Å². The second-order valence-corrected chi connectivity index (χ2v) is 6.58. The van der Waals surface area contributed by atoms with Gasteiger partial charge in [0, 0.05) is 43.8 Å². The summed E-state index contributed by atoms with van der Waals surface area (Å²) in [4.78, 5) is 4.28. The fourth-order valence-corrected chi connectivity index (χ4v) is 2.86. The van der Waals surface area contributed by atoms with Crippen molar-refractivity contribution in [2.75, 3.05) is 33.4 Å². The lowest BCUT2D eigenvalue weighted by Crippen LogP contribution is -2.51. The molecule has 0 saturated carbocycles. The quantitative estimate of drug-likeness (QED) is 0.313. The van der Waals surface area contributed by atoms with Gasteiger partial charge in [-0.3, -0.25) is 4.99 Å². The number of rotatable bonds is 6. The monoisotopic (exact) mass is 442 g/mol. The van der Waals surface area contributed by atoms with Gasteiger partial charge in [-0.25, -0.2) is 0 Å². The van der Waals surface area contributed by atoms with Crippen molar-refractivity contribution in [1.29, 1.82) is 0 Å². The van der Waals surface area contributed by atoms with Crippen LogP contribution in [-0.2, 0) is 11.3 Å². The number of benzene rings is 1. The van der Waals surface area contributed by atoms with E-state index in [2.05, 4.69) is 63.6 Å². The Bertz CT molecular complexity index is 678. The molecule has 0 spiro atoms. The summed E-state index contributed by atoms with van der Waals surface area (Å²) in [5.74, 6) is 0.871. The van der Waals surface area contributed by atoms with Crippen molar-refractivity contribution in [3.63, 3.8) is 0 Å². The molecule has 2 N–H and O–H groups in total. The van der Waals surface area contributed by atoms with E-state index in [0.717, 1.165) is 45.2 Å². The van der Waals surface area contributed by atoms with E-state index in [1.807, 2.05) is 7.05 Å². The van der Waals surface area contributed by atoms with Gasteiger partial charge in [0.1, 0.15) is 0 Å². The highest BCUT2D eigenvalue weighted by atomic mass is 127. The Hall–Kier alpha value is -1.28. The van der Waals surface area contributed by atoms with Crippen LogP contribution in [0.3, 0.4) is 0 Å². The zero-order chi connectivity index (χ0) is 16.1. The van der Waals surface area contributed by atoms with E-state index in [1.165, 1.54) is 10.9 Å². The molecule has 0 amide bonds. The third-order valence-corrected chi connectivity index (χ3v) is 4.36. The predicted octanol–water partition coefficient (Wildman–Crippen LogP) is 2.85. The summed E-state index contributed by atoms with van der Waals surface area (Å²) in [5.41, 5.74) is 1.55. The van der Waals surface area contributed by atoms with Gasteiger partial charge in [0.15, 0.2) is 5.96 Å². The van der Waals surface area contributed by atoms with E-state index >= 15 is 0 Å². The van der Waals surface area contributed by atoms with Crippen molar-refractivity contribution in [3.8, 4) is 0 Å². The van der Waals surface area contributed by atoms with Gasteiger partial charge in [0.2, 0.25) is 0 Å². The minimum atomic E-state index is 0. The van der Waals surface area contributed by atoms with E-state index < -0.39 is 0 Å². The van der Waals surface area contributed by atoms with Crippen LogP contribution in [0.5, 0.6) is 0 Å². The number of para-hydroxylation sites is 1. The summed E-state index contributed by atoms with van der Waals surface area (Å²) in [5, 5.41) is 8.07. The summed E-state index contributed by atoms with van der Waals surface area (Å²) in [6.07, 6.45) is 3.22. The van der Waals surface area contributed by atoms with Crippen LogP contribution in [-0.4, -0.2) is 43.9 Å². The van der Waals surface area contributed by atoms with E-state index in [-0.39, 0.29) is 29.4 Å². The Morgan fingerprint density at radius 1 is 1.25 bits per heavy atom. The molecule has 1 fully saturated rings. The number of aliphatic imine (C=N–C) groups is 1. The molecule has 5 nitrogen and oxygen atoms in total. The number of aromatic nitrogens is 1. The summed E-state index contributed by atoms with van der Waals surface area (Å²) < 4.78 is 7.58. The minimum Gasteiger partial charge on any atom is -0.380 e. The van der Waals surface area contributed by atoms with Crippen molar-refractivity contribution in [2.45, 2.75) is 19.9 Å². The highest BCUT2D eigenvalue weighted by Crippen LogP contribution is 2.24. The summed E-state index contributed by atoms with van der Waals surface area (Å²) in [7, 11) is 1.81. The first-order chi connectivity index (χ1) is 11.2. The van der Waals surface area contributed by atoms with Gasteiger partial charge in [-0.05, 0) is 23.9 Å². The molecule has 0 atom stereocenters. The van der Waals surface area contributed by atoms with Gasteiger partial charge in [-0.15, -0.1) is 24.0 Å². The predicted molar refractivity (Wildman–Crippen MR) is 110 cm³/mol. The van der Waals surface area contributed by atoms with Crippen molar-refractivity contribution in [3.05, 3.63) is 36.5 Å². The normalized spacial score (nSPS) is 16.3.